The maximum Gasteiger partial charge on any atom is 0.0671 e. The molecule has 0 fully saturated rings. The molecule has 0 N–H and O–H groups in total. The fraction of sp³-hybridized carbons (Fsp3) is 0.0980. The van der Waals surface area contributed by atoms with Gasteiger partial charge in [0.1, 0.15) is 0 Å². The minimum Gasteiger partial charge on any atom is -0.358 e. The average molecular weight is 675 g/mol. The van der Waals surface area contributed by atoms with Crippen molar-refractivity contribution >= 4 is 38.4 Å². The molecule has 0 heterocycles. The van der Waals surface area contributed by atoms with E-state index in [0.717, 1.165) is 44.0 Å². The lowest BCUT2D eigenvalue weighted by Crippen LogP contribution is -2.44. The molecule has 0 saturated heterocycles. The summed E-state index contributed by atoms with van der Waals surface area (Å²) in [4.78, 5) is 1.72. The number of fused-ring (bicyclic) bond motifs is 5. The molecule has 0 aromatic heterocycles. The van der Waals surface area contributed by atoms with Crippen molar-refractivity contribution in [2.24, 2.45) is 0 Å². The molecule has 0 amide bonds. The Labute approximate surface area is 317 Å². The van der Waals surface area contributed by atoms with Gasteiger partial charge in [-0.15, -0.1) is 0 Å². The topological polar surface area (TPSA) is 3.24 Å². The zero-order valence-corrected chi connectivity index (χ0v) is 28.7. The molecule has 0 radical (unpaired) electrons. The van der Waals surface area contributed by atoms with Gasteiger partial charge < -0.3 is 4.90 Å². The predicted octanol–water partition coefficient (Wildman–Crippen LogP) is 12.6. The number of nitrogens with zero attached hydrogens (tertiary/aromatic N) is 1. The molecule has 1 heteroatoms. The van der Waals surface area contributed by atoms with Crippen molar-refractivity contribution in [3.05, 3.63) is 235 Å². The molecule has 0 spiro atoms. The van der Waals surface area contributed by atoms with Crippen LogP contribution in [0.2, 0.25) is 0 Å². The summed E-state index contributed by atoms with van der Waals surface area (Å²) in [6.07, 6.45) is 10.7. The molecule has 6 aromatic carbocycles. The second-order valence-electron chi connectivity index (χ2n) is 13.4. The van der Waals surface area contributed by atoms with E-state index in [2.05, 4.69) is 49.6 Å². The van der Waals surface area contributed by atoms with Crippen LogP contribution in [0.15, 0.2) is 212 Å². The van der Waals surface area contributed by atoms with Crippen LogP contribution in [-0.4, -0.2) is 12.1 Å². The molecule has 4 unspecified atom stereocenters. The number of para-hydroxylation sites is 1. The summed E-state index contributed by atoms with van der Waals surface area (Å²) in [5.41, 5.74) is 5.19. The van der Waals surface area contributed by atoms with Gasteiger partial charge in [0.15, 0.2) is 0 Å². The summed E-state index contributed by atoms with van der Waals surface area (Å²) in [6, 6.07) is 34.8. The Morgan fingerprint density at radius 1 is 0.808 bits per heavy atom. The van der Waals surface area contributed by atoms with Gasteiger partial charge in [-0.3, -0.25) is 0 Å². The zero-order chi connectivity index (χ0) is 41.2. The van der Waals surface area contributed by atoms with Crippen molar-refractivity contribution in [2.75, 3.05) is 4.90 Å². The summed E-state index contributed by atoms with van der Waals surface area (Å²) in [7, 11) is 0. The number of hydrogen-bond donors (Lipinski definition) is 0. The molecule has 9 rings (SSSR count). The first kappa shape index (κ1) is 24.9. The van der Waals surface area contributed by atoms with Crippen molar-refractivity contribution in [2.45, 2.75) is 30.3 Å². The Balaban J connectivity index is 1.24. The number of hydrogen-bond acceptors (Lipinski definition) is 1. The van der Waals surface area contributed by atoms with Crippen LogP contribution in [0, 0.1) is 0 Å². The Kier molecular flexibility index (Phi) is 6.30. The number of allylic oxidation sites excluding steroid dienone is 8. The van der Waals surface area contributed by atoms with Gasteiger partial charge in [0.25, 0.3) is 0 Å². The Morgan fingerprint density at radius 2 is 1.54 bits per heavy atom. The van der Waals surface area contributed by atoms with Gasteiger partial charge in [0.05, 0.1) is 25.7 Å². The first-order valence-electron chi connectivity index (χ1n) is 21.3. The van der Waals surface area contributed by atoms with Crippen LogP contribution < -0.4 is 4.90 Å². The molecule has 1 nitrogen and oxygen atoms in total. The third-order valence-electron chi connectivity index (χ3n) is 10.7. The van der Waals surface area contributed by atoms with Crippen molar-refractivity contribution in [1.82, 2.24) is 0 Å². The van der Waals surface area contributed by atoms with Crippen LogP contribution in [0.5, 0.6) is 0 Å². The normalized spacial score (nSPS) is 24.3. The van der Waals surface area contributed by atoms with Crippen LogP contribution >= 0.6 is 0 Å². The standard InChI is InChI=1S/C51H41N/c1-3-4-17-36(2)51(39-19-7-5-8-20-39)49-27-16-15-26-46(49)47-33-32-42(35-50(47)51)52(40-21-9-6-10-22-40)41-30-28-37(29-31-41)48-34-38-18-11-12-23-43(38)44-24-13-14-25-45(44)48/h3-30,32-34,41-42H,1-2,31,35H2/b17-4-/i9D,10D,21D,22D,32D,33D,35D. The molecule has 250 valence electrons. The lowest BCUT2D eigenvalue weighted by Gasteiger charge is -2.43. The predicted molar refractivity (Wildman–Crippen MR) is 223 cm³/mol. The first-order chi connectivity index (χ1) is 28.6. The maximum absolute atomic E-state index is 10.4. The van der Waals surface area contributed by atoms with Gasteiger partial charge >= 0.3 is 0 Å². The van der Waals surface area contributed by atoms with E-state index in [0.29, 0.717) is 23.1 Å². The lowest BCUT2D eigenvalue weighted by molar-refractivity contribution is 0.580. The highest BCUT2D eigenvalue weighted by molar-refractivity contribution is 6.12. The van der Waals surface area contributed by atoms with Crippen molar-refractivity contribution in [3.63, 3.8) is 0 Å². The highest BCUT2D eigenvalue weighted by Gasteiger charge is 2.49. The van der Waals surface area contributed by atoms with Gasteiger partial charge in [-0.25, -0.2) is 0 Å². The first-order valence-corrected chi connectivity index (χ1v) is 17.7. The Hall–Kier alpha value is -6.18. The molecular weight excluding hydrogens is 627 g/mol. The van der Waals surface area contributed by atoms with Crippen LogP contribution in [0.4, 0.5) is 5.69 Å². The Morgan fingerprint density at radius 3 is 2.33 bits per heavy atom. The number of anilines is 1. The lowest BCUT2D eigenvalue weighted by atomic mass is 9.65. The number of benzene rings is 6. The molecule has 4 atom stereocenters. The Bertz CT molecular complexity index is 2880. The van der Waals surface area contributed by atoms with Gasteiger partial charge in [-0.2, -0.15) is 0 Å². The van der Waals surface area contributed by atoms with Gasteiger partial charge in [0.2, 0.25) is 0 Å². The highest BCUT2D eigenvalue weighted by atomic mass is 15.2. The fourth-order valence-electron chi connectivity index (χ4n) is 8.41. The summed E-state index contributed by atoms with van der Waals surface area (Å²) in [5.74, 6) is 0. The summed E-state index contributed by atoms with van der Waals surface area (Å²) >= 11 is 0. The molecule has 52 heavy (non-hydrogen) atoms. The average Bonchev–Trinajstić information content (AvgIpc) is 3.59. The van der Waals surface area contributed by atoms with E-state index < -0.39 is 23.9 Å². The molecule has 3 aliphatic carbocycles. The smallest absolute Gasteiger partial charge is 0.0671 e. The molecule has 0 saturated carbocycles. The van der Waals surface area contributed by atoms with Crippen molar-refractivity contribution in [1.29, 1.82) is 0 Å². The van der Waals surface area contributed by atoms with E-state index in [4.69, 9.17) is 2.74 Å². The molecular formula is C51H41N. The molecule has 0 aliphatic heterocycles. The van der Waals surface area contributed by atoms with Crippen LogP contribution in [-0.2, 0) is 5.41 Å². The molecule has 0 bridgehead atoms. The van der Waals surface area contributed by atoms with E-state index in [1.807, 2.05) is 103 Å². The summed E-state index contributed by atoms with van der Waals surface area (Å²) in [5, 5.41) is 4.54. The third-order valence-corrected chi connectivity index (χ3v) is 10.7. The van der Waals surface area contributed by atoms with Crippen LogP contribution in [0.1, 0.15) is 44.7 Å². The monoisotopic (exact) mass is 674 g/mol. The second-order valence-corrected chi connectivity index (χ2v) is 13.4. The fourth-order valence-corrected chi connectivity index (χ4v) is 8.41. The van der Waals surface area contributed by atoms with Crippen LogP contribution in [0.3, 0.4) is 0 Å². The third kappa shape index (κ3) is 5.08. The summed E-state index contributed by atoms with van der Waals surface area (Å²) < 4.78 is 65.9. The van der Waals surface area contributed by atoms with E-state index in [-0.39, 0.29) is 42.0 Å². The zero-order valence-electron chi connectivity index (χ0n) is 35.7. The van der Waals surface area contributed by atoms with Crippen molar-refractivity contribution < 1.29 is 9.60 Å². The van der Waals surface area contributed by atoms with Crippen molar-refractivity contribution in [3.8, 4) is 0 Å². The quantitative estimate of drug-likeness (QED) is 0.115. The van der Waals surface area contributed by atoms with E-state index >= 15 is 0 Å². The SMILES string of the molecule is [2H]C1=C([2H])C(N(c2c([2H])c([2H])cc([2H])c2[2H])C2C=CC(c3cc4ccccc4c4ccccc34)=CC2)C([2H])C2=C1c1ccccc1C2(C(=C)/C=C\C=C)c1ccccc1. The second kappa shape index (κ2) is 13.2. The maximum atomic E-state index is 10.4. The highest BCUT2D eigenvalue weighted by Crippen LogP contribution is 2.58. The van der Waals surface area contributed by atoms with Gasteiger partial charge in [-0.05, 0) is 97.1 Å². The van der Waals surface area contributed by atoms with Crippen LogP contribution in [0.25, 0.3) is 32.7 Å². The van der Waals surface area contributed by atoms with Gasteiger partial charge in [0, 0.05) is 7.06 Å². The van der Waals surface area contributed by atoms with E-state index in [9.17, 15) is 6.85 Å². The summed E-state index contributed by atoms with van der Waals surface area (Å²) in [6.45, 7) is 8.52. The number of rotatable bonds is 8. The largest absolute Gasteiger partial charge is 0.358 e. The molecule has 3 aliphatic rings. The minimum atomic E-state index is -1.21. The molecule has 6 aromatic rings. The van der Waals surface area contributed by atoms with E-state index in [1.165, 1.54) is 11.5 Å². The van der Waals surface area contributed by atoms with E-state index in [1.54, 1.807) is 11.0 Å². The minimum absolute atomic E-state index is 0.000192. The van der Waals surface area contributed by atoms with Gasteiger partial charge in [-0.1, -0.05) is 183 Å².